The molecule has 0 spiro atoms. The molecule has 0 bridgehead atoms. The first-order valence-corrected chi connectivity index (χ1v) is 5.88. The van der Waals surface area contributed by atoms with Crippen LogP contribution in [0.2, 0.25) is 5.02 Å². The molecule has 1 N–H and O–H groups in total. The second kappa shape index (κ2) is 5.55. The van der Waals surface area contributed by atoms with Gasteiger partial charge in [0.15, 0.2) is 0 Å². The maximum absolute atomic E-state index is 5.83. The number of allylic oxidation sites excluding steroid dienone is 1. The second-order valence-corrected chi connectivity index (χ2v) is 4.28. The van der Waals surface area contributed by atoms with Crippen LogP contribution in [-0.2, 0) is 0 Å². The van der Waals surface area contributed by atoms with Crippen molar-refractivity contribution < 1.29 is 0 Å². The normalized spacial score (nSPS) is 11.3. The van der Waals surface area contributed by atoms with Gasteiger partial charge in [0.25, 0.3) is 0 Å². The molecule has 0 amide bonds. The van der Waals surface area contributed by atoms with Gasteiger partial charge in [-0.1, -0.05) is 41.9 Å². The number of halogens is 1. The van der Waals surface area contributed by atoms with Gasteiger partial charge in [-0.05, 0) is 42.3 Å². The summed E-state index contributed by atoms with van der Waals surface area (Å²) in [6.45, 7) is 2.08. The SMILES string of the molecule is C/C(=C\Nc1ccc(Cl)cc1)c1ccccc1. The predicted octanol–water partition coefficient (Wildman–Crippen LogP) is 4.81. The molecule has 0 fully saturated rings. The minimum absolute atomic E-state index is 0.749. The highest BCUT2D eigenvalue weighted by molar-refractivity contribution is 6.30. The number of anilines is 1. The molecule has 2 rings (SSSR count). The molecule has 1 nitrogen and oxygen atoms in total. The summed E-state index contributed by atoms with van der Waals surface area (Å²) in [4.78, 5) is 0. The largest absolute Gasteiger partial charge is 0.361 e. The standard InChI is InChI=1S/C15H14ClN/c1-12(13-5-3-2-4-6-13)11-17-15-9-7-14(16)8-10-15/h2-11,17H,1H3/b12-11+. The summed E-state index contributed by atoms with van der Waals surface area (Å²) in [6.07, 6.45) is 2.00. The van der Waals surface area contributed by atoms with Crippen LogP contribution in [0.3, 0.4) is 0 Å². The lowest BCUT2D eigenvalue weighted by Crippen LogP contribution is -1.89. The minimum Gasteiger partial charge on any atom is -0.361 e. The Morgan fingerprint density at radius 1 is 1.00 bits per heavy atom. The summed E-state index contributed by atoms with van der Waals surface area (Å²) >= 11 is 5.83. The van der Waals surface area contributed by atoms with Gasteiger partial charge in [0.1, 0.15) is 0 Å². The van der Waals surface area contributed by atoms with E-state index in [4.69, 9.17) is 11.6 Å². The molecule has 0 heterocycles. The van der Waals surface area contributed by atoms with Crippen LogP contribution in [0.4, 0.5) is 5.69 Å². The number of nitrogens with one attached hydrogen (secondary N) is 1. The Hall–Kier alpha value is -1.73. The topological polar surface area (TPSA) is 12.0 Å². The van der Waals surface area contributed by atoms with Crippen molar-refractivity contribution in [3.63, 3.8) is 0 Å². The zero-order valence-electron chi connectivity index (χ0n) is 9.65. The Labute approximate surface area is 107 Å². The lowest BCUT2D eigenvalue weighted by molar-refractivity contribution is 1.52. The molecule has 0 atom stereocenters. The Morgan fingerprint density at radius 2 is 1.65 bits per heavy atom. The van der Waals surface area contributed by atoms with Crippen LogP contribution < -0.4 is 5.32 Å². The highest BCUT2D eigenvalue weighted by atomic mass is 35.5. The van der Waals surface area contributed by atoms with E-state index in [0.29, 0.717) is 0 Å². The molecule has 17 heavy (non-hydrogen) atoms. The highest BCUT2D eigenvalue weighted by Crippen LogP contribution is 2.16. The average Bonchev–Trinajstić information content (AvgIpc) is 2.39. The van der Waals surface area contributed by atoms with E-state index >= 15 is 0 Å². The van der Waals surface area contributed by atoms with E-state index in [1.807, 2.05) is 48.7 Å². The van der Waals surface area contributed by atoms with Crippen LogP contribution in [0.5, 0.6) is 0 Å². The van der Waals surface area contributed by atoms with Crippen LogP contribution >= 0.6 is 11.6 Å². The maximum atomic E-state index is 5.83. The van der Waals surface area contributed by atoms with Gasteiger partial charge in [-0.2, -0.15) is 0 Å². The van der Waals surface area contributed by atoms with E-state index in [9.17, 15) is 0 Å². The Kier molecular flexibility index (Phi) is 3.84. The zero-order chi connectivity index (χ0) is 12.1. The molecule has 0 aliphatic heterocycles. The lowest BCUT2D eigenvalue weighted by atomic mass is 10.1. The fraction of sp³-hybridized carbons (Fsp3) is 0.0667. The number of rotatable bonds is 3. The van der Waals surface area contributed by atoms with Crippen LogP contribution in [-0.4, -0.2) is 0 Å². The third kappa shape index (κ3) is 3.36. The molecular formula is C15H14ClN. The van der Waals surface area contributed by atoms with E-state index in [1.54, 1.807) is 0 Å². The van der Waals surface area contributed by atoms with E-state index in [-0.39, 0.29) is 0 Å². The molecular weight excluding hydrogens is 230 g/mol. The number of hydrogen-bond acceptors (Lipinski definition) is 1. The van der Waals surface area contributed by atoms with Crippen molar-refractivity contribution in [2.75, 3.05) is 5.32 Å². The van der Waals surface area contributed by atoms with Crippen molar-refractivity contribution >= 4 is 22.9 Å². The molecule has 0 aromatic heterocycles. The van der Waals surface area contributed by atoms with Crippen molar-refractivity contribution in [3.05, 3.63) is 71.4 Å². The maximum Gasteiger partial charge on any atom is 0.0407 e. The molecule has 0 saturated heterocycles. The van der Waals surface area contributed by atoms with E-state index in [0.717, 1.165) is 10.7 Å². The summed E-state index contributed by atoms with van der Waals surface area (Å²) in [7, 11) is 0. The third-order valence-corrected chi connectivity index (χ3v) is 2.78. The summed E-state index contributed by atoms with van der Waals surface area (Å²) < 4.78 is 0. The summed E-state index contributed by atoms with van der Waals surface area (Å²) in [5, 5.41) is 4.00. The second-order valence-electron chi connectivity index (χ2n) is 3.84. The third-order valence-electron chi connectivity index (χ3n) is 2.53. The van der Waals surface area contributed by atoms with Gasteiger partial charge < -0.3 is 5.32 Å². The van der Waals surface area contributed by atoms with Crippen LogP contribution in [0.25, 0.3) is 5.57 Å². The van der Waals surface area contributed by atoms with E-state index in [1.165, 1.54) is 11.1 Å². The smallest absolute Gasteiger partial charge is 0.0407 e. The molecule has 2 heteroatoms. The molecule has 0 aliphatic carbocycles. The molecule has 86 valence electrons. The molecule has 2 aromatic carbocycles. The average molecular weight is 244 g/mol. The summed E-state index contributed by atoms with van der Waals surface area (Å²) in [6, 6.07) is 17.9. The van der Waals surface area contributed by atoms with Gasteiger partial charge in [-0.15, -0.1) is 0 Å². The molecule has 2 aromatic rings. The lowest BCUT2D eigenvalue weighted by Gasteiger charge is -2.04. The molecule has 0 unspecified atom stereocenters. The van der Waals surface area contributed by atoms with E-state index < -0.39 is 0 Å². The van der Waals surface area contributed by atoms with Crippen LogP contribution in [0.15, 0.2) is 60.8 Å². The predicted molar refractivity (Wildman–Crippen MR) is 75.2 cm³/mol. The van der Waals surface area contributed by atoms with Gasteiger partial charge in [-0.25, -0.2) is 0 Å². The fourth-order valence-electron chi connectivity index (χ4n) is 1.52. The summed E-state index contributed by atoms with van der Waals surface area (Å²) in [5.41, 5.74) is 3.44. The molecule has 0 saturated carbocycles. The Morgan fingerprint density at radius 3 is 2.29 bits per heavy atom. The first kappa shape index (κ1) is 11.7. The Balaban J connectivity index is 2.08. The van der Waals surface area contributed by atoms with Crippen molar-refractivity contribution in [2.24, 2.45) is 0 Å². The quantitative estimate of drug-likeness (QED) is 0.816. The van der Waals surface area contributed by atoms with Crippen molar-refractivity contribution in [1.29, 1.82) is 0 Å². The zero-order valence-corrected chi connectivity index (χ0v) is 10.4. The van der Waals surface area contributed by atoms with Gasteiger partial charge in [0, 0.05) is 16.9 Å². The van der Waals surface area contributed by atoms with E-state index in [2.05, 4.69) is 24.4 Å². The Bertz CT molecular complexity index is 500. The van der Waals surface area contributed by atoms with Gasteiger partial charge in [-0.3, -0.25) is 0 Å². The first-order valence-electron chi connectivity index (χ1n) is 5.50. The number of benzene rings is 2. The molecule has 0 aliphatic rings. The van der Waals surface area contributed by atoms with Crippen molar-refractivity contribution in [2.45, 2.75) is 6.92 Å². The van der Waals surface area contributed by atoms with Crippen LogP contribution in [0.1, 0.15) is 12.5 Å². The van der Waals surface area contributed by atoms with Gasteiger partial charge in [0.05, 0.1) is 0 Å². The first-order chi connectivity index (χ1) is 8.25. The van der Waals surface area contributed by atoms with Gasteiger partial charge >= 0.3 is 0 Å². The molecule has 0 radical (unpaired) electrons. The number of hydrogen-bond donors (Lipinski definition) is 1. The van der Waals surface area contributed by atoms with Crippen molar-refractivity contribution in [3.8, 4) is 0 Å². The monoisotopic (exact) mass is 243 g/mol. The van der Waals surface area contributed by atoms with Crippen molar-refractivity contribution in [1.82, 2.24) is 0 Å². The highest BCUT2D eigenvalue weighted by Gasteiger charge is 1.94. The minimum atomic E-state index is 0.749. The fourth-order valence-corrected chi connectivity index (χ4v) is 1.65. The summed E-state index contributed by atoms with van der Waals surface area (Å²) in [5.74, 6) is 0. The van der Waals surface area contributed by atoms with Gasteiger partial charge in [0.2, 0.25) is 0 Å². The van der Waals surface area contributed by atoms with Crippen LogP contribution in [0, 0.1) is 0 Å².